The number of nitrogens with two attached hydrogens (primary N) is 1. The van der Waals surface area contributed by atoms with Crippen molar-refractivity contribution >= 4 is 5.69 Å². The Morgan fingerprint density at radius 2 is 2.35 bits per heavy atom. The van der Waals surface area contributed by atoms with Crippen molar-refractivity contribution in [3.05, 3.63) is 23.8 Å². The van der Waals surface area contributed by atoms with Crippen molar-refractivity contribution in [2.45, 2.75) is 25.5 Å². The molecule has 1 fully saturated rings. The Morgan fingerprint density at radius 1 is 1.53 bits per heavy atom. The zero-order valence-corrected chi connectivity index (χ0v) is 10.2. The molecule has 1 aliphatic rings. The number of aliphatic hydroxyl groups excluding tert-OH is 1. The molecule has 1 aromatic carbocycles. The zero-order valence-electron chi connectivity index (χ0n) is 10.2. The Hall–Kier alpha value is -1.26. The largest absolute Gasteiger partial charge is 0.497 e. The van der Waals surface area contributed by atoms with Gasteiger partial charge in [-0.05, 0) is 24.5 Å². The minimum Gasteiger partial charge on any atom is -0.497 e. The first-order valence-corrected chi connectivity index (χ1v) is 6.04. The van der Waals surface area contributed by atoms with Crippen LogP contribution in [0.2, 0.25) is 0 Å². The number of hydrogen-bond acceptors (Lipinski definition) is 4. The van der Waals surface area contributed by atoms with Crippen LogP contribution in [-0.4, -0.2) is 31.4 Å². The van der Waals surface area contributed by atoms with Crippen molar-refractivity contribution in [3.63, 3.8) is 0 Å². The average molecular weight is 236 g/mol. The molecule has 1 heterocycles. The van der Waals surface area contributed by atoms with Crippen LogP contribution in [0.25, 0.3) is 0 Å². The maximum absolute atomic E-state index is 9.73. The van der Waals surface area contributed by atoms with E-state index in [1.807, 2.05) is 18.2 Å². The normalized spacial score (nSPS) is 20.4. The van der Waals surface area contributed by atoms with Crippen molar-refractivity contribution in [1.29, 1.82) is 0 Å². The summed E-state index contributed by atoms with van der Waals surface area (Å²) in [5.41, 5.74) is 7.94. The van der Waals surface area contributed by atoms with Gasteiger partial charge in [-0.15, -0.1) is 0 Å². The Morgan fingerprint density at radius 3 is 3.00 bits per heavy atom. The number of benzene rings is 1. The van der Waals surface area contributed by atoms with E-state index in [2.05, 4.69) is 4.90 Å². The number of methoxy groups -OCH3 is 1. The maximum atomic E-state index is 9.73. The number of β-amino-alcohol motifs (C(OH)–C–C–N with tert-alkyl or cyclic N) is 1. The monoisotopic (exact) mass is 236 g/mol. The van der Waals surface area contributed by atoms with Gasteiger partial charge in [-0.1, -0.05) is 6.07 Å². The summed E-state index contributed by atoms with van der Waals surface area (Å²) in [5, 5.41) is 9.73. The van der Waals surface area contributed by atoms with Crippen LogP contribution in [0.1, 0.15) is 18.4 Å². The maximum Gasteiger partial charge on any atom is 0.120 e. The Labute approximate surface area is 102 Å². The van der Waals surface area contributed by atoms with E-state index in [1.165, 1.54) is 0 Å². The van der Waals surface area contributed by atoms with Gasteiger partial charge in [0.2, 0.25) is 0 Å². The van der Waals surface area contributed by atoms with Gasteiger partial charge in [-0.3, -0.25) is 0 Å². The predicted octanol–water partition coefficient (Wildman–Crippen LogP) is 1.11. The van der Waals surface area contributed by atoms with Crippen LogP contribution < -0.4 is 15.4 Å². The lowest BCUT2D eigenvalue weighted by molar-refractivity contribution is 0.154. The van der Waals surface area contributed by atoms with E-state index in [4.69, 9.17) is 10.5 Å². The van der Waals surface area contributed by atoms with Gasteiger partial charge < -0.3 is 20.5 Å². The fourth-order valence-electron chi connectivity index (χ4n) is 2.31. The summed E-state index contributed by atoms with van der Waals surface area (Å²) in [5.74, 6) is 0.831. The molecule has 2 rings (SSSR count). The van der Waals surface area contributed by atoms with Gasteiger partial charge in [-0.25, -0.2) is 0 Å². The third-order valence-electron chi connectivity index (χ3n) is 3.25. The average Bonchev–Trinajstić information content (AvgIpc) is 2.38. The van der Waals surface area contributed by atoms with E-state index in [1.54, 1.807) is 7.11 Å². The molecule has 3 N–H and O–H groups in total. The van der Waals surface area contributed by atoms with Gasteiger partial charge >= 0.3 is 0 Å². The molecule has 1 aromatic rings. The second-order valence-electron chi connectivity index (χ2n) is 4.44. The van der Waals surface area contributed by atoms with Crippen molar-refractivity contribution in [2.75, 3.05) is 25.1 Å². The summed E-state index contributed by atoms with van der Waals surface area (Å²) in [4.78, 5) is 2.19. The molecule has 0 spiro atoms. The van der Waals surface area contributed by atoms with Crippen molar-refractivity contribution in [2.24, 2.45) is 5.73 Å². The molecule has 1 unspecified atom stereocenters. The minimum absolute atomic E-state index is 0.236. The Balaban J connectivity index is 2.27. The van der Waals surface area contributed by atoms with Crippen LogP contribution in [0.5, 0.6) is 5.75 Å². The van der Waals surface area contributed by atoms with Gasteiger partial charge in [0.1, 0.15) is 5.75 Å². The molecule has 1 aliphatic heterocycles. The number of nitrogens with zero attached hydrogens (tertiary/aromatic N) is 1. The van der Waals surface area contributed by atoms with Crippen molar-refractivity contribution in [3.8, 4) is 5.75 Å². The molecule has 0 aromatic heterocycles. The van der Waals surface area contributed by atoms with E-state index in [0.29, 0.717) is 13.1 Å². The second kappa shape index (κ2) is 5.38. The molecular formula is C13H20N2O2. The molecule has 1 atom stereocenters. The van der Waals surface area contributed by atoms with E-state index in [0.717, 1.165) is 36.4 Å². The number of aliphatic hydroxyl groups is 1. The molecule has 0 aliphatic carbocycles. The molecule has 4 nitrogen and oxygen atoms in total. The molecule has 17 heavy (non-hydrogen) atoms. The highest BCUT2D eigenvalue weighted by Crippen LogP contribution is 2.28. The van der Waals surface area contributed by atoms with Gasteiger partial charge in [0.25, 0.3) is 0 Å². The number of hydrogen-bond donors (Lipinski definition) is 2. The molecule has 1 saturated heterocycles. The number of anilines is 1. The lowest BCUT2D eigenvalue weighted by atomic mass is 10.0. The quantitative estimate of drug-likeness (QED) is 0.825. The lowest BCUT2D eigenvalue weighted by Gasteiger charge is -2.33. The van der Waals surface area contributed by atoms with Crippen LogP contribution in [0.3, 0.4) is 0 Å². The highest BCUT2D eigenvalue weighted by atomic mass is 16.5. The van der Waals surface area contributed by atoms with Crippen molar-refractivity contribution in [1.82, 2.24) is 0 Å². The fraction of sp³-hybridized carbons (Fsp3) is 0.538. The van der Waals surface area contributed by atoms with Crippen LogP contribution in [0, 0.1) is 0 Å². The molecule has 0 amide bonds. The van der Waals surface area contributed by atoms with Crippen LogP contribution in [0.15, 0.2) is 18.2 Å². The number of ether oxygens (including phenoxy) is 1. The lowest BCUT2D eigenvalue weighted by Crippen LogP contribution is -2.38. The number of rotatable bonds is 3. The van der Waals surface area contributed by atoms with E-state index in [9.17, 15) is 5.11 Å². The van der Waals surface area contributed by atoms with Crippen molar-refractivity contribution < 1.29 is 9.84 Å². The van der Waals surface area contributed by atoms with Gasteiger partial charge in [0.15, 0.2) is 0 Å². The van der Waals surface area contributed by atoms with Crippen LogP contribution in [0.4, 0.5) is 5.69 Å². The fourth-order valence-corrected chi connectivity index (χ4v) is 2.31. The van der Waals surface area contributed by atoms with Crippen LogP contribution in [-0.2, 0) is 6.54 Å². The highest BCUT2D eigenvalue weighted by molar-refractivity contribution is 5.57. The Bertz CT molecular complexity index is 382. The smallest absolute Gasteiger partial charge is 0.120 e. The van der Waals surface area contributed by atoms with E-state index >= 15 is 0 Å². The molecular weight excluding hydrogens is 216 g/mol. The Kier molecular flexibility index (Phi) is 3.86. The molecule has 4 heteroatoms. The third-order valence-corrected chi connectivity index (χ3v) is 3.25. The summed E-state index contributed by atoms with van der Waals surface area (Å²) in [6.07, 6.45) is 1.67. The topological polar surface area (TPSA) is 58.7 Å². The van der Waals surface area contributed by atoms with Gasteiger partial charge in [0, 0.05) is 31.4 Å². The zero-order chi connectivity index (χ0) is 12.3. The minimum atomic E-state index is -0.236. The third kappa shape index (κ3) is 2.70. The predicted molar refractivity (Wildman–Crippen MR) is 68.3 cm³/mol. The standard InChI is InChI=1S/C13H20N2O2/c1-17-12-5-4-10(8-14)13(7-12)15-6-2-3-11(16)9-15/h4-5,7,11,16H,2-3,6,8-9,14H2,1H3. The van der Waals surface area contributed by atoms with E-state index in [-0.39, 0.29) is 6.10 Å². The summed E-state index contributed by atoms with van der Waals surface area (Å²) >= 11 is 0. The van der Waals surface area contributed by atoms with Gasteiger partial charge in [0.05, 0.1) is 13.2 Å². The molecule has 0 bridgehead atoms. The first kappa shape index (κ1) is 12.2. The SMILES string of the molecule is COc1ccc(CN)c(N2CCCC(O)C2)c1. The number of piperidine rings is 1. The molecule has 94 valence electrons. The summed E-state index contributed by atoms with van der Waals surface area (Å²) in [7, 11) is 1.66. The van der Waals surface area contributed by atoms with Crippen LogP contribution >= 0.6 is 0 Å². The van der Waals surface area contributed by atoms with Gasteiger partial charge in [-0.2, -0.15) is 0 Å². The highest BCUT2D eigenvalue weighted by Gasteiger charge is 2.20. The summed E-state index contributed by atoms with van der Waals surface area (Å²) in [6.45, 7) is 2.16. The molecule has 0 saturated carbocycles. The summed E-state index contributed by atoms with van der Waals surface area (Å²) < 4.78 is 5.24. The summed E-state index contributed by atoms with van der Waals surface area (Å²) in [6, 6.07) is 5.92. The molecule has 0 radical (unpaired) electrons. The first-order valence-electron chi connectivity index (χ1n) is 6.04. The van der Waals surface area contributed by atoms with E-state index < -0.39 is 0 Å². The second-order valence-corrected chi connectivity index (χ2v) is 4.44. The first-order chi connectivity index (χ1) is 8.24.